The molecule has 2 N–H and O–H groups in total. The van der Waals surface area contributed by atoms with Gasteiger partial charge in [-0.2, -0.15) is 0 Å². The lowest BCUT2D eigenvalue weighted by molar-refractivity contribution is 0.469. The molecule has 0 saturated heterocycles. The van der Waals surface area contributed by atoms with Crippen LogP contribution < -0.4 is 0 Å². The summed E-state index contributed by atoms with van der Waals surface area (Å²) in [4.78, 5) is 8.97. The summed E-state index contributed by atoms with van der Waals surface area (Å²) in [6.45, 7) is 7.66. The second-order valence-electron chi connectivity index (χ2n) is 6.06. The molecular formula is C20H24N2O2. The van der Waals surface area contributed by atoms with Crippen LogP contribution in [0.2, 0.25) is 0 Å². The Hall–Kier alpha value is -2.62. The van der Waals surface area contributed by atoms with Crippen LogP contribution in [0.15, 0.2) is 46.4 Å². The summed E-state index contributed by atoms with van der Waals surface area (Å²) in [5, 5.41) is 20.0. The number of hydrogen-bond donors (Lipinski definition) is 2. The van der Waals surface area contributed by atoms with Gasteiger partial charge in [0.15, 0.2) is 0 Å². The molecule has 2 rings (SSSR count). The molecule has 2 aromatic carbocycles. The van der Waals surface area contributed by atoms with Crippen molar-refractivity contribution in [2.75, 3.05) is 0 Å². The number of aliphatic imine (C=N–C) groups is 2. The second-order valence-corrected chi connectivity index (χ2v) is 6.06. The van der Waals surface area contributed by atoms with Crippen LogP contribution in [-0.2, 0) is 0 Å². The van der Waals surface area contributed by atoms with Crippen LogP contribution in [0.5, 0.6) is 11.5 Å². The third kappa shape index (κ3) is 4.22. The van der Waals surface area contributed by atoms with E-state index in [-0.39, 0.29) is 23.6 Å². The van der Waals surface area contributed by atoms with Crippen LogP contribution in [0.1, 0.15) is 36.1 Å². The highest BCUT2D eigenvalue weighted by Gasteiger charge is 2.09. The van der Waals surface area contributed by atoms with E-state index in [0.717, 1.165) is 11.1 Å². The average Bonchev–Trinajstić information content (AvgIpc) is 2.57. The van der Waals surface area contributed by atoms with Crippen LogP contribution in [0.25, 0.3) is 0 Å². The zero-order chi connectivity index (χ0) is 17.7. The van der Waals surface area contributed by atoms with E-state index in [2.05, 4.69) is 9.98 Å². The maximum atomic E-state index is 10.0. The lowest BCUT2D eigenvalue weighted by Gasteiger charge is -2.12. The number of aromatic hydroxyl groups is 2. The van der Waals surface area contributed by atoms with Crippen LogP contribution in [0.3, 0.4) is 0 Å². The van der Waals surface area contributed by atoms with Gasteiger partial charge in [-0.3, -0.25) is 9.98 Å². The first-order chi connectivity index (χ1) is 11.4. The van der Waals surface area contributed by atoms with Gasteiger partial charge in [-0.25, -0.2) is 0 Å². The van der Waals surface area contributed by atoms with Crippen molar-refractivity contribution in [3.05, 3.63) is 58.7 Å². The normalized spacial score (nSPS) is 14.3. The smallest absolute Gasteiger partial charge is 0.127 e. The summed E-state index contributed by atoms with van der Waals surface area (Å²) in [5.74, 6) is 0.517. The third-order valence-electron chi connectivity index (χ3n) is 4.13. The van der Waals surface area contributed by atoms with Crippen molar-refractivity contribution < 1.29 is 10.2 Å². The maximum absolute atomic E-state index is 10.0. The van der Waals surface area contributed by atoms with E-state index in [1.54, 1.807) is 12.4 Å². The minimum Gasteiger partial charge on any atom is -0.507 e. The predicted octanol–water partition coefficient (Wildman–Crippen LogP) is 4.03. The van der Waals surface area contributed by atoms with E-state index in [1.807, 2.05) is 64.1 Å². The van der Waals surface area contributed by atoms with Crippen molar-refractivity contribution in [3.8, 4) is 11.5 Å². The van der Waals surface area contributed by atoms with Gasteiger partial charge in [0.25, 0.3) is 0 Å². The van der Waals surface area contributed by atoms with E-state index in [4.69, 9.17) is 0 Å². The molecule has 0 aliphatic heterocycles. The second kappa shape index (κ2) is 7.77. The van der Waals surface area contributed by atoms with Crippen molar-refractivity contribution >= 4 is 12.4 Å². The summed E-state index contributed by atoms with van der Waals surface area (Å²) in [7, 11) is 0. The lowest BCUT2D eigenvalue weighted by Crippen LogP contribution is -2.16. The SMILES string of the molecule is Cc1cccc(/C=N/C(C)C(C)/N=C/c2cccc(C)c2O)c1O. The van der Waals surface area contributed by atoms with Crippen molar-refractivity contribution in [1.29, 1.82) is 0 Å². The Kier molecular flexibility index (Phi) is 5.74. The van der Waals surface area contributed by atoms with Crippen molar-refractivity contribution in [3.63, 3.8) is 0 Å². The Labute approximate surface area is 143 Å². The summed E-state index contributed by atoms with van der Waals surface area (Å²) in [6.07, 6.45) is 3.37. The number of phenols is 2. The fraction of sp³-hybridized carbons (Fsp3) is 0.300. The molecule has 0 saturated carbocycles. The molecule has 24 heavy (non-hydrogen) atoms. The molecule has 0 radical (unpaired) electrons. The highest BCUT2D eigenvalue weighted by atomic mass is 16.3. The molecule has 0 fully saturated rings. The molecule has 0 aliphatic carbocycles. The van der Waals surface area contributed by atoms with Crippen LogP contribution in [-0.4, -0.2) is 34.7 Å². The molecule has 2 atom stereocenters. The van der Waals surface area contributed by atoms with E-state index < -0.39 is 0 Å². The van der Waals surface area contributed by atoms with Crippen molar-refractivity contribution in [2.45, 2.75) is 39.8 Å². The Morgan fingerprint density at radius 3 is 1.50 bits per heavy atom. The molecular weight excluding hydrogens is 300 g/mol. The van der Waals surface area contributed by atoms with Gasteiger partial charge in [-0.05, 0) is 51.0 Å². The minimum atomic E-state index is -0.0480. The van der Waals surface area contributed by atoms with Gasteiger partial charge in [-0.1, -0.05) is 24.3 Å². The Bertz CT molecular complexity index is 701. The van der Waals surface area contributed by atoms with Crippen molar-refractivity contribution in [2.24, 2.45) is 9.98 Å². The van der Waals surface area contributed by atoms with E-state index in [9.17, 15) is 10.2 Å². The number of benzene rings is 2. The molecule has 4 heteroatoms. The zero-order valence-electron chi connectivity index (χ0n) is 14.6. The quantitative estimate of drug-likeness (QED) is 0.816. The molecule has 0 aromatic heterocycles. The minimum absolute atomic E-state index is 0.0480. The first-order valence-corrected chi connectivity index (χ1v) is 8.03. The third-order valence-corrected chi connectivity index (χ3v) is 4.13. The number of nitrogens with zero attached hydrogens (tertiary/aromatic N) is 2. The summed E-state index contributed by atoms with van der Waals surface area (Å²) in [5.41, 5.74) is 3.06. The molecule has 0 bridgehead atoms. The van der Waals surface area contributed by atoms with Crippen molar-refractivity contribution in [1.82, 2.24) is 0 Å². The Balaban J connectivity index is 2.08. The molecule has 0 amide bonds. The van der Waals surface area contributed by atoms with Gasteiger partial charge >= 0.3 is 0 Å². The highest BCUT2D eigenvalue weighted by Crippen LogP contribution is 2.21. The number of hydrogen-bond acceptors (Lipinski definition) is 4. The number of aryl methyl sites for hydroxylation is 2. The average molecular weight is 324 g/mol. The molecule has 126 valence electrons. The molecule has 4 nitrogen and oxygen atoms in total. The van der Waals surface area contributed by atoms with Gasteiger partial charge in [0, 0.05) is 23.6 Å². The molecule has 0 heterocycles. The van der Waals surface area contributed by atoms with E-state index >= 15 is 0 Å². The van der Waals surface area contributed by atoms with Crippen LogP contribution >= 0.6 is 0 Å². The van der Waals surface area contributed by atoms with Gasteiger partial charge < -0.3 is 10.2 Å². The monoisotopic (exact) mass is 324 g/mol. The number of rotatable bonds is 5. The molecule has 0 aliphatic rings. The van der Waals surface area contributed by atoms with Gasteiger partial charge in [-0.15, -0.1) is 0 Å². The molecule has 2 aromatic rings. The summed E-state index contributed by atoms with van der Waals surface area (Å²) in [6, 6.07) is 11.1. The van der Waals surface area contributed by atoms with Gasteiger partial charge in [0.1, 0.15) is 11.5 Å². The summed E-state index contributed by atoms with van der Waals surface area (Å²) >= 11 is 0. The standard InChI is InChI=1S/C20H24N2O2/c1-13-7-5-9-17(19(13)23)11-21-15(3)16(4)22-12-18-10-6-8-14(2)20(18)24/h5-12,15-16,23-24H,1-4H3/b21-11+,22-12+. The topological polar surface area (TPSA) is 65.2 Å². The van der Waals surface area contributed by atoms with E-state index in [1.165, 1.54) is 0 Å². The number of para-hydroxylation sites is 2. The van der Waals surface area contributed by atoms with Gasteiger partial charge in [0.2, 0.25) is 0 Å². The maximum Gasteiger partial charge on any atom is 0.127 e. The lowest BCUT2D eigenvalue weighted by atomic mass is 10.1. The van der Waals surface area contributed by atoms with Gasteiger partial charge in [0.05, 0.1) is 12.1 Å². The first kappa shape index (κ1) is 17.7. The highest BCUT2D eigenvalue weighted by molar-refractivity contribution is 5.85. The zero-order valence-corrected chi connectivity index (χ0v) is 14.6. The summed E-state index contributed by atoms with van der Waals surface area (Å²) < 4.78 is 0. The van der Waals surface area contributed by atoms with E-state index in [0.29, 0.717) is 11.1 Å². The predicted molar refractivity (Wildman–Crippen MR) is 99.8 cm³/mol. The largest absolute Gasteiger partial charge is 0.507 e. The van der Waals surface area contributed by atoms with Crippen LogP contribution in [0.4, 0.5) is 0 Å². The Morgan fingerprint density at radius 1 is 0.750 bits per heavy atom. The fourth-order valence-electron chi connectivity index (χ4n) is 2.22. The first-order valence-electron chi connectivity index (χ1n) is 8.03. The fourth-order valence-corrected chi connectivity index (χ4v) is 2.22. The van der Waals surface area contributed by atoms with Crippen LogP contribution in [0, 0.1) is 13.8 Å². The molecule has 0 spiro atoms. The Morgan fingerprint density at radius 2 is 1.12 bits per heavy atom. The number of phenolic OH excluding ortho intramolecular Hbond substituents is 2. The molecule has 2 unspecified atom stereocenters.